The molecule has 17 heavy (non-hydrogen) atoms. The van der Waals surface area contributed by atoms with Gasteiger partial charge in [-0.05, 0) is 18.6 Å². The Labute approximate surface area is 107 Å². The Morgan fingerprint density at radius 1 is 1.47 bits per heavy atom. The van der Waals surface area contributed by atoms with Gasteiger partial charge in [-0.1, -0.05) is 18.2 Å². The van der Waals surface area contributed by atoms with E-state index in [9.17, 15) is 4.79 Å². The largest absolute Gasteiger partial charge is 0.378 e. The number of ether oxygens (including phenoxy) is 1. The Morgan fingerprint density at radius 2 is 2.24 bits per heavy atom. The Kier molecular flexibility index (Phi) is 5.41. The van der Waals surface area contributed by atoms with Gasteiger partial charge in [0.15, 0.2) is 0 Å². The number of morpholine rings is 1. The smallest absolute Gasteiger partial charge is 0.243 e. The summed E-state index contributed by atoms with van der Waals surface area (Å²) in [5, 5.41) is 6.02. The van der Waals surface area contributed by atoms with E-state index in [1.807, 2.05) is 31.2 Å². The molecule has 1 atom stereocenters. The molecule has 2 N–H and O–H groups in total. The SMILES string of the molecule is Cc1ccccc1NC(=O)C1COCCN1.Cl. The summed E-state index contributed by atoms with van der Waals surface area (Å²) in [5.41, 5.74) is 1.92. The zero-order chi connectivity index (χ0) is 11.4. The van der Waals surface area contributed by atoms with Crippen molar-refractivity contribution in [3.05, 3.63) is 29.8 Å². The van der Waals surface area contributed by atoms with Gasteiger partial charge in [0.1, 0.15) is 6.04 Å². The lowest BCUT2D eigenvalue weighted by atomic mass is 10.2. The molecule has 2 rings (SSSR count). The van der Waals surface area contributed by atoms with Crippen molar-refractivity contribution in [3.63, 3.8) is 0 Å². The summed E-state index contributed by atoms with van der Waals surface area (Å²) in [4.78, 5) is 11.9. The molecule has 0 aromatic heterocycles. The van der Waals surface area contributed by atoms with Crippen molar-refractivity contribution in [2.45, 2.75) is 13.0 Å². The van der Waals surface area contributed by atoms with Gasteiger partial charge in [-0.15, -0.1) is 12.4 Å². The van der Waals surface area contributed by atoms with E-state index in [-0.39, 0.29) is 24.4 Å². The van der Waals surface area contributed by atoms with E-state index in [1.165, 1.54) is 0 Å². The average molecular weight is 257 g/mol. The lowest BCUT2D eigenvalue weighted by molar-refractivity contribution is -0.120. The fourth-order valence-corrected chi connectivity index (χ4v) is 1.67. The fraction of sp³-hybridized carbons (Fsp3) is 0.417. The van der Waals surface area contributed by atoms with Gasteiger partial charge in [-0.2, -0.15) is 0 Å². The van der Waals surface area contributed by atoms with Crippen LogP contribution in [0.3, 0.4) is 0 Å². The molecule has 0 saturated carbocycles. The van der Waals surface area contributed by atoms with E-state index in [4.69, 9.17) is 4.74 Å². The maximum atomic E-state index is 11.9. The Hall–Kier alpha value is -1.10. The number of hydrogen-bond acceptors (Lipinski definition) is 3. The molecule has 0 radical (unpaired) electrons. The molecular formula is C12H17ClN2O2. The number of amides is 1. The van der Waals surface area contributed by atoms with Gasteiger partial charge < -0.3 is 15.4 Å². The van der Waals surface area contributed by atoms with Gasteiger partial charge >= 0.3 is 0 Å². The molecule has 1 aliphatic heterocycles. The predicted molar refractivity (Wildman–Crippen MR) is 69.7 cm³/mol. The van der Waals surface area contributed by atoms with Crippen molar-refractivity contribution in [2.75, 3.05) is 25.1 Å². The van der Waals surface area contributed by atoms with Crippen LogP contribution in [0.15, 0.2) is 24.3 Å². The number of hydrogen-bond donors (Lipinski definition) is 2. The molecule has 1 unspecified atom stereocenters. The summed E-state index contributed by atoms with van der Waals surface area (Å²) in [6.45, 7) is 3.82. The fourth-order valence-electron chi connectivity index (χ4n) is 1.67. The molecule has 1 saturated heterocycles. The minimum atomic E-state index is -0.242. The number of nitrogens with one attached hydrogen (secondary N) is 2. The van der Waals surface area contributed by atoms with E-state index in [0.717, 1.165) is 17.8 Å². The summed E-state index contributed by atoms with van der Waals surface area (Å²) < 4.78 is 5.25. The molecule has 0 spiro atoms. The van der Waals surface area contributed by atoms with Crippen molar-refractivity contribution >= 4 is 24.0 Å². The summed E-state index contributed by atoms with van der Waals surface area (Å²) in [5.74, 6) is -0.0333. The lowest BCUT2D eigenvalue weighted by Crippen LogP contribution is -2.48. The highest BCUT2D eigenvalue weighted by Crippen LogP contribution is 2.13. The monoisotopic (exact) mass is 256 g/mol. The van der Waals surface area contributed by atoms with Gasteiger partial charge in [0.2, 0.25) is 5.91 Å². The normalized spacial score (nSPS) is 19.2. The molecule has 1 heterocycles. The van der Waals surface area contributed by atoms with Crippen LogP contribution in [0.25, 0.3) is 0 Å². The Balaban J connectivity index is 0.00000144. The van der Waals surface area contributed by atoms with Gasteiger partial charge in [-0.25, -0.2) is 0 Å². The third kappa shape index (κ3) is 3.70. The first kappa shape index (κ1) is 14.0. The first-order chi connectivity index (χ1) is 7.77. The third-order valence-electron chi connectivity index (χ3n) is 2.64. The number of benzene rings is 1. The highest BCUT2D eigenvalue weighted by atomic mass is 35.5. The molecule has 94 valence electrons. The number of carbonyl (C=O) groups is 1. The third-order valence-corrected chi connectivity index (χ3v) is 2.64. The Morgan fingerprint density at radius 3 is 2.88 bits per heavy atom. The van der Waals surface area contributed by atoms with E-state index in [2.05, 4.69) is 10.6 Å². The molecule has 1 fully saturated rings. The van der Waals surface area contributed by atoms with E-state index < -0.39 is 0 Å². The van der Waals surface area contributed by atoms with Crippen LogP contribution < -0.4 is 10.6 Å². The number of carbonyl (C=O) groups excluding carboxylic acids is 1. The van der Waals surface area contributed by atoms with Gasteiger partial charge in [0.25, 0.3) is 0 Å². The first-order valence-corrected chi connectivity index (χ1v) is 5.45. The van der Waals surface area contributed by atoms with Gasteiger partial charge in [0.05, 0.1) is 13.2 Å². The number of halogens is 1. The molecule has 0 aliphatic carbocycles. The number of aryl methyl sites for hydroxylation is 1. The first-order valence-electron chi connectivity index (χ1n) is 5.45. The van der Waals surface area contributed by atoms with Crippen LogP contribution in [0.5, 0.6) is 0 Å². The lowest BCUT2D eigenvalue weighted by Gasteiger charge is -2.23. The second-order valence-electron chi connectivity index (χ2n) is 3.89. The van der Waals surface area contributed by atoms with Crippen LogP contribution in [0.2, 0.25) is 0 Å². The number of anilines is 1. The zero-order valence-corrected chi connectivity index (χ0v) is 10.5. The predicted octanol–water partition coefficient (Wildman–Crippen LogP) is 1.34. The second-order valence-corrected chi connectivity index (χ2v) is 3.89. The summed E-state index contributed by atoms with van der Waals surface area (Å²) >= 11 is 0. The van der Waals surface area contributed by atoms with E-state index in [1.54, 1.807) is 0 Å². The molecule has 5 heteroatoms. The van der Waals surface area contributed by atoms with Crippen LogP contribution in [0, 0.1) is 6.92 Å². The summed E-state index contributed by atoms with van der Waals surface area (Å²) in [6, 6.07) is 7.49. The molecule has 1 aromatic rings. The molecule has 1 aliphatic rings. The minimum Gasteiger partial charge on any atom is -0.378 e. The van der Waals surface area contributed by atoms with Crippen molar-refractivity contribution in [1.82, 2.24) is 5.32 Å². The molecular weight excluding hydrogens is 240 g/mol. The highest BCUT2D eigenvalue weighted by Gasteiger charge is 2.21. The maximum absolute atomic E-state index is 11.9. The Bertz CT molecular complexity index is 379. The van der Waals surface area contributed by atoms with Crippen LogP contribution in [-0.4, -0.2) is 31.7 Å². The van der Waals surface area contributed by atoms with Crippen LogP contribution in [0.4, 0.5) is 5.69 Å². The van der Waals surface area contributed by atoms with E-state index >= 15 is 0 Å². The average Bonchev–Trinajstić information content (AvgIpc) is 2.33. The van der Waals surface area contributed by atoms with Crippen LogP contribution in [0.1, 0.15) is 5.56 Å². The van der Waals surface area contributed by atoms with Crippen molar-refractivity contribution in [3.8, 4) is 0 Å². The van der Waals surface area contributed by atoms with Crippen molar-refractivity contribution < 1.29 is 9.53 Å². The topological polar surface area (TPSA) is 50.4 Å². The standard InChI is InChI=1S/C12H16N2O2.ClH/c1-9-4-2-3-5-10(9)14-12(15)11-8-16-7-6-13-11;/h2-5,11,13H,6-8H2,1H3,(H,14,15);1H. The van der Waals surface area contributed by atoms with Gasteiger partial charge in [0, 0.05) is 12.2 Å². The number of para-hydroxylation sites is 1. The molecule has 1 amide bonds. The summed E-state index contributed by atoms with van der Waals surface area (Å²) in [7, 11) is 0. The number of rotatable bonds is 2. The molecule has 1 aromatic carbocycles. The molecule has 0 bridgehead atoms. The van der Waals surface area contributed by atoms with Crippen LogP contribution in [-0.2, 0) is 9.53 Å². The van der Waals surface area contributed by atoms with Crippen LogP contribution >= 0.6 is 12.4 Å². The maximum Gasteiger partial charge on any atom is 0.243 e. The zero-order valence-electron chi connectivity index (χ0n) is 9.73. The highest BCUT2D eigenvalue weighted by molar-refractivity contribution is 5.95. The van der Waals surface area contributed by atoms with E-state index in [0.29, 0.717) is 13.2 Å². The molecule has 4 nitrogen and oxygen atoms in total. The quantitative estimate of drug-likeness (QED) is 0.840. The van der Waals surface area contributed by atoms with Gasteiger partial charge in [-0.3, -0.25) is 4.79 Å². The van der Waals surface area contributed by atoms with Crippen molar-refractivity contribution in [1.29, 1.82) is 0 Å². The van der Waals surface area contributed by atoms with Crippen molar-refractivity contribution in [2.24, 2.45) is 0 Å². The second kappa shape index (κ2) is 6.59. The summed E-state index contributed by atoms with van der Waals surface area (Å²) in [6.07, 6.45) is 0. The minimum absolute atomic E-state index is 0.